The van der Waals surface area contributed by atoms with Gasteiger partial charge in [-0.05, 0) is 36.4 Å². The van der Waals surface area contributed by atoms with Gasteiger partial charge in [-0.2, -0.15) is 5.26 Å². The molecule has 0 spiro atoms. The molecule has 0 aliphatic carbocycles. The van der Waals surface area contributed by atoms with Crippen LogP contribution in [0.2, 0.25) is 0 Å². The van der Waals surface area contributed by atoms with Gasteiger partial charge in [0.15, 0.2) is 17.3 Å². The molecule has 3 heterocycles. The first-order chi connectivity index (χ1) is 14.3. The van der Waals surface area contributed by atoms with Crippen LogP contribution in [0.1, 0.15) is 0 Å². The zero-order valence-corrected chi connectivity index (χ0v) is 16.0. The van der Waals surface area contributed by atoms with E-state index in [1.54, 1.807) is 27.9 Å². The highest BCUT2D eigenvalue weighted by molar-refractivity contribution is 8.04. The first-order valence-electron chi connectivity index (χ1n) is 8.95. The highest BCUT2D eigenvalue weighted by atomic mass is 32.2. The third kappa shape index (κ3) is 2.82. The van der Waals surface area contributed by atoms with E-state index in [1.807, 2.05) is 54.6 Å². The maximum absolute atomic E-state index is 12.7. The number of imidazole rings is 1. The van der Waals surface area contributed by atoms with E-state index in [9.17, 15) is 10.1 Å². The van der Waals surface area contributed by atoms with Crippen molar-refractivity contribution in [3.8, 4) is 17.7 Å². The molecule has 140 valence electrons. The summed E-state index contributed by atoms with van der Waals surface area (Å²) < 4.78 is 7.35. The van der Waals surface area contributed by atoms with E-state index >= 15 is 0 Å². The predicted octanol–water partition coefficient (Wildman–Crippen LogP) is 4.73. The van der Waals surface area contributed by atoms with Crippen molar-refractivity contribution in [1.82, 2.24) is 9.55 Å². The highest BCUT2D eigenvalue weighted by Gasteiger charge is 2.33. The van der Waals surface area contributed by atoms with Crippen LogP contribution in [0.4, 0.5) is 5.69 Å². The fraction of sp³-hybridized carbons (Fsp3) is 0.0455. The summed E-state index contributed by atoms with van der Waals surface area (Å²) in [5, 5.41) is 10.7. The third-order valence-corrected chi connectivity index (χ3v) is 5.67. The number of thioether (sulfide) groups is 1. The number of furan rings is 1. The summed E-state index contributed by atoms with van der Waals surface area (Å²) in [6.07, 6.45) is 1.57. The van der Waals surface area contributed by atoms with Gasteiger partial charge in [0.2, 0.25) is 5.91 Å². The van der Waals surface area contributed by atoms with Crippen LogP contribution in [0.15, 0.2) is 82.4 Å². The van der Waals surface area contributed by atoms with Crippen LogP contribution >= 0.6 is 11.8 Å². The SMILES string of the molecule is N#C/C(=C1/SCC(=O)N1c1ccccc1)n1c(-c2ccco2)nc2ccccc21. The van der Waals surface area contributed by atoms with Gasteiger partial charge in [-0.3, -0.25) is 14.3 Å². The molecule has 6 nitrogen and oxygen atoms in total. The second-order valence-corrected chi connectivity index (χ2v) is 7.32. The summed E-state index contributed by atoms with van der Waals surface area (Å²) >= 11 is 1.35. The van der Waals surface area contributed by atoms with Crippen LogP contribution in [0, 0.1) is 11.3 Å². The van der Waals surface area contributed by atoms with E-state index in [2.05, 4.69) is 11.1 Å². The van der Waals surface area contributed by atoms with E-state index in [-0.39, 0.29) is 11.7 Å². The van der Waals surface area contributed by atoms with E-state index in [4.69, 9.17) is 4.42 Å². The molecule has 1 saturated heterocycles. The Balaban J connectivity index is 1.80. The van der Waals surface area contributed by atoms with Gasteiger partial charge < -0.3 is 4.42 Å². The number of rotatable bonds is 3. The molecule has 1 amide bonds. The lowest BCUT2D eigenvalue weighted by Crippen LogP contribution is -2.25. The Kier molecular flexibility index (Phi) is 4.19. The monoisotopic (exact) mass is 398 g/mol. The fourth-order valence-electron chi connectivity index (χ4n) is 3.40. The number of fused-ring (bicyclic) bond motifs is 1. The molecule has 4 aromatic rings. The summed E-state index contributed by atoms with van der Waals surface area (Å²) in [6.45, 7) is 0. The molecule has 0 bridgehead atoms. The number of hydrogen-bond acceptors (Lipinski definition) is 5. The first kappa shape index (κ1) is 17.3. The van der Waals surface area contributed by atoms with Gasteiger partial charge in [0.1, 0.15) is 11.1 Å². The Morgan fingerprint density at radius 1 is 1.07 bits per heavy atom. The third-order valence-electron chi connectivity index (χ3n) is 4.63. The molecule has 29 heavy (non-hydrogen) atoms. The molecule has 7 heteroatoms. The normalized spacial score (nSPS) is 15.7. The summed E-state index contributed by atoms with van der Waals surface area (Å²) in [5.41, 5.74) is 2.59. The number of para-hydroxylation sites is 3. The van der Waals surface area contributed by atoms with Crippen molar-refractivity contribution >= 4 is 40.1 Å². The number of nitriles is 1. The van der Waals surface area contributed by atoms with Crippen molar-refractivity contribution in [2.75, 3.05) is 10.7 Å². The molecule has 5 rings (SSSR count). The van der Waals surface area contributed by atoms with Crippen LogP contribution in [0.25, 0.3) is 28.3 Å². The van der Waals surface area contributed by atoms with Crippen molar-refractivity contribution in [1.29, 1.82) is 5.26 Å². The number of carbonyl (C=O) groups excluding carboxylic acids is 1. The van der Waals surface area contributed by atoms with Gasteiger partial charge in [-0.25, -0.2) is 4.98 Å². The van der Waals surface area contributed by atoms with Crippen molar-refractivity contribution in [2.24, 2.45) is 0 Å². The Bertz CT molecular complexity index is 1280. The minimum absolute atomic E-state index is 0.0621. The van der Waals surface area contributed by atoms with Crippen LogP contribution in [0.3, 0.4) is 0 Å². The Labute approximate surface area is 170 Å². The smallest absolute Gasteiger partial charge is 0.242 e. The van der Waals surface area contributed by atoms with E-state index in [1.165, 1.54) is 11.8 Å². The topological polar surface area (TPSA) is 75.1 Å². The predicted molar refractivity (Wildman–Crippen MR) is 113 cm³/mol. The average Bonchev–Trinajstić information content (AvgIpc) is 3.49. The van der Waals surface area contributed by atoms with Gasteiger partial charge in [0, 0.05) is 5.69 Å². The summed E-state index contributed by atoms with van der Waals surface area (Å²) in [4.78, 5) is 19.0. The molecular weight excluding hydrogens is 384 g/mol. The van der Waals surface area contributed by atoms with Gasteiger partial charge in [-0.1, -0.05) is 42.1 Å². The van der Waals surface area contributed by atoms with Crippen molar-refractivity contribution in [3.63, 3.8) is 0 Å². The number of nitrogens with zero attached hydrogens (tertiary/aromatic N) is 4. The fourth-order valence-corrected chi connectivity index (χ4v) is 4.40. The van der Waals surface area contributed by atoms with Gasteiger partial charge in [-0.15, -0.1) is 0 Å². The molecular formula is C22H14N4O2S. The van der Waals surface area contributed by atoms with E-state index < -0.39 is 0 Å². The number of allylic oxidation sites excluding steroid dienone is 1. The zero-order chi connectivity index (χ0) is 19.8. The molecule has 1 aliphatic rings. The number of aromatic nitrogens is 2. The molecule has 0 N–H and O–H groups in total. The first-order valence-corrected chi connectivity index (χ1v) is 9.93. The molecule has 1 fully saturated rings. The minimum Gasteiger partial charge on any atom is -0.461 e. The maximum atomic E-state index is 12.7. The maximum Gasteiger partial charge on any atom is 0.242 e. The van der Waals surface area contributed by atoms with Gasteiger partial charge >= 0.3 is 0 Å². The lowest BCUT2D eigenvalue weighted by molar-refractivity contribution is -0.115. The highest BCUT2D eigenvalue weighted by Crippen LogP contribution is 2.39. The van der Waals surface area contributed by atoms with E-state index in [0.717, 1.165) is 16.7 Å². The van der Waals surface area contributed by atoms with Crippen LogP contribution < -0.4 is 4.90 Å². The number of hydrogen-bond donors (Lipinski definition) is 0. The molecule has 2 aromatic carbocycles. The average molecular weight is 398 g/mol. The quantitative estimate of drug-likeness (QED) is 0.467. The lowest BCUT2D eigenvalue weighted by Gasteiger charge is -2.19. The molecule has 0 saturated carbocycles. The number of anilines is 1. The number of carbonyl (C=O) groups is 1. The molecule has 1 aliphatic heterocycles. The molecule has 0 unspecified atom stereocenters. The van der Waals surface area contributed by atoms with Gasteiger partial charge in [0.05, 0.1) is 23.0 Å². The van der Waals surface area contributed by atoms with E-state index in [0.29, 0.717) is 22.3 Å². The van der Waals surface area contributed by atoms with Crippen molar-refractivity contribution < 1.29 is 9.21 Å². The minimum atomic E-state index is -0.0621. The number of benzene rings is 2. The Hall–Kier alpha value is -3.76. The Morgan fingerprint density at radius 3 is 2.62 bits per heavy atom. The van der Waals surface area contributed by atoms with Crippen molar-refractivity contribution in [2.45, 2.75) is 0 Å². The van der Waals surface area contributed by atoms with Gasteiger partial charge in [0.25, 0.3) is 0 Å². The summed E-state index contributed by atoms with van der Waals surface area (Å²) in [6, 6.07) is 22.8. The summed E-state index contributed by atoms with van der Waals surface area (Å²) in [5.74, 6) is 1.29. The Morgan fingerprint density at radius 2 is 1.86 bits per heavy atom. The lowest BCUT2D eigenvalue weighted by atomic mass is 10.2. The second kappa shape index (κ2) is 7.00. The van der Waals surface area contributed by atoms with Crippen LogP contribution in [0.5, 0.6) is 0 Å². The largest absolute Gasteiger partial charge is 0.461 e. The summed E-state index contributed by atoms with van der Waals surface area (Å²) in [7, 11) is 0. The van der Waals surface area contributed by atoms with Crippen molar-refractivity contribution in [3.05, 3.63) is 78.0 Å². The molecule has 2 aromatic heterocycles. The molecule has 0 atom stereocenters. The standard InChI is InChI=1S/C22H14N4O2S/c23-13-18(22-25(20(27)14-29-22)15-7-2-1-3-8-15)26-17-10-5-4-9-16(17)24-21(26)19-11-6-12-28-19/h1-12H,14H2/b22-18-. The van der Waals surface area contributed by atoms with Crippen LogP contribution in [-0.2, 0) is 4.79 Å². The number of amides is 1. The second-order valence-electron chi connectivity index (χ2n) is 6.36. The van der Waals surface area contributed by atoms with Crippen LogP contribution in [-0.4, -0.2) is 21.2 Å². The molecule has 0 radical (unpaired) electrons. The zero-order valence-electron chi connectivity index (χ0n) is 15.1.